The normalized spacial score (nSPS) is 12.3. The monoisotopic (exact) mass is 319 g/mol. The number of para-hydroxylation sites is 2. The Bertz CT molecular complexity index is 479. The van der Waals surface area contributed by atoms with Crippen LogP contribution in [0, 0.1) is 0 Å². The van der Waals surface area contributed by atoms with Crippen molar-refractivity contribution < 1.29 is 22.6 Å². The molecule has 3 N–H and O–H groups in total. The van der Waals surface area contributed by atoms with Crippen molar-refractivity contribution in [2.45, 2.75) is 25.6 Å². The molecule has 1 aromatic rings. The number of unbranched alkanes of at least 4 members (excludes halogenated alkanes) is 2. The van der Waals surface area contributed by atoms with Gasteiger partial charge in [0.1, 0.15) is 0 Å². The van der Waals surface area contributed by atoms with Gasteiger partial charge in [-0.05, 0) is 31.4 Å². The number of rotatable bonds is 8. The topological polar surface area (TPSA) is 68.9 Å². The average Bonchev–Trinajstić information content (AvgIpc) is 2.43. The van der Waals surface area contributed by atoms with Crippen LogP contribution in [0.4, 0.5) is 18.9 Å². The van der Waals surface area contributed by atoms with Crippen LogP contribution in [0.5, 0.6) is 5.75 Å². The van der Waals surface area contributed by atoms with Crippen LogP contribution < -0.4 is 15.8 Å². The van der Waals surface area contributed by atoms with E-state index in [9.17, 15) is 13.2 Å². The van der Waals surface area contributed by atoms with Crippen molar-refractivity contribution in [1.29, 1.82) is 0 Å². The Balaban J connectivity index is 2.51. The second-order valence-corrected chi connectivity index (χ2v) is 4.49. The van der Waals surface area contributed by atoms with Gasteiger partial charge in [-0.3, -0.25) is 4.99 Å². The van der Waals surface area contributed by atoms with E-state index in [0.29, 0.717) is 13.2 Å². The SMILES string of the molecule is COCCCCCN=C(N)Nc1ccccc1OC(F)(F)F. The van der Waals surface area contributed by atoms with Crippen molar-refractivity contribution in [3.8, 4) is 5.75 Å². The first-order chi connectivity index (χ1) is 10.4. The van der Waals surface area contributed by atoms with Crippen LogP contribution in [0.3, 0.4) is 0 Å². The van der Waals surface area contributed by atoms with E-state index in [1.54, 1.807) is 13.2 Å². The Kier molecular flexibility index (Phi) is 7.51. The summed E-state index contributed by atoms with van der Waals surface area (Å²) in [5, 5.41) is 2.61. The number of nitrogens with zero attached hydrogens (tertiary/aromatic N) is 1. The molecule has 0 aromatic heterocycles. The maximum atomic E-state index is 12.3. The lowest BCUT2D eigenvalue weighted by molar-refractivity contribution is -0.274. The fraction of sp³-hybridized carbons (Fsp3) is 0.500. The number of nitrogens with one attached hydrogen (secondary N) is 1. The molecule has 1 rings (SSSR count). The van der Waals surface area contributed by atoms with E-state index < -0.39 is 6.36 Å². The highest BCUT2D eigenvalue weighted by atomic mass is 19.4. The summed E-state index contributed by atoms with van der Waals surface area (Å²) in [4.78, 5) is 4.06. The molecular weight excluding hydrogens is 299 g/mol. The molecular formula is C14H20F3N3O2. The molecule has 0 saturated heterocycles. The third-order valence-corrected chi connectivity index (χ3v) is 2.66. The fourth-order valence-corrected chi connectivity index (χ4v) is 1.70. The van der Waals surface area contributed by atoms with Gasteiger partial charge in [0.05, 0.1) is 5.69 Å². The maximum Gasteiger partial charge on any atom is 0.573 e. The number of benzene rings is 1. The van der Waals surface area contributed by atoms with E-state index in [2.05, 4.69) is 15.0 Å². The number of guanidine groups is 1. The number of nitrogens with two attached hydrogens (primary N) is 1. The van der Waals surface area contributed by atoms with Gasteiger partial charge in [0.2, 0.25) is 0 Å². The van der Waals surface area contributed by atoms with E-state index >= 15 is 0 Å². The molecule has 8 heteroatoms. The minimum absolute atomic E-state index is 0.0463. The standard InChI is InChI=1S/C14H20F3N3O2/c1-21-10-6-2-5-9-19-13(18)20-11-7-3-4-8-12(11)22-14(15,16)17/h3-4,7-8H,2,5-6,9-10H2,1H3,(H3,18,19,20). The van der Waals surface area contributed by atoms with Gasteiger partial charge in [-0.2, -0.15) is 0 Å². The fourth-order valence-electron chi connectivity index (χ4n) is 1.70. The number of aliphatic imine (C=N–C) groups is 1. The van der Waals surface area contributed by atoms with E-state index in [1.807, 2.05) is 0 Å². The van der Waals surface area contributed by atoms with Crippen LogP contribution in [-0.2, 0) is 4.74 Å². The largest absolute Gasteiger partial charge is 0.573 e. The molecule has 0 atom stereocenters. The summed E-state index contributed by atoms with van der Waals surface area (Å²) in [7, 11) is 1.64. The molecule has 22 heavy (non-hydrogen) atoms. The zero-order chi connectivity index (χ0) is 16.4. The minimum atomic E-state index is -4.76. The average molecular weight is 319 g/mol. The molecule has 5 nitrogen and oxygen atoms in total. The van der Waals surface area contributed by atoms with E-state index in [4.69, 9.17) is 10.5 Å². The van der Waals surface area contributed by atoms with Gasteiger partial charge in [0.25, 0.3) is 0 Å². The van der Waals surface area contributed by atoms with E-state index in [-0.39, 0.29) is 17.4 Å². The molecule has 0 aliphatic heterocycles. The number of ether oxygens (including phenoxy) is 2. The number of methoxy groups -OCH3 is 1. The van der Waals surface area contributed by atoms with Crippen molar-refractivity contribution in [3.63, 3.8) is 0 Å². The van der Waals surface area contributed by atoms with Crippen LogP contribution in [0.1, 0.15) is 19.3 Å². The second kappa shape index (κ2) is 9.14. The third kappa shape index (κ3) is 7.72. The van der Waals surface area contributed by atoms with E-state index in [1.165, 1.54) is 18.2 Å². The second-order valence-electron chi connectivity index (χ2n) is 4.49. The summed E-state index contributed by atoms with van der Waals surface area (Å²) in [6.45, 7) is 1.18. The van der Waals surface area contributed by atoms with Crippen molar-refractivity contribution in [1.82, 2.24) is 0 Å². The van der Waals surface area contributed by atoms with Gasteiger partial charge in [0.15, 0.2) is 11.7 Å². The van der Waals surface area contributed by atoms with Crippen LogP contribution in [-0.4, -0.2) is 32.6 Å². The third-order valence-electron chi connectivity index (χ3n) is 2.66. The lowest BCUT2D eigenvalue weighted by Gasteiger charge is -2.14. The van der Waals surface area contributed by atoms with Gasteiger partial charge in [-0.15, -0.1) is 13.2 Å². The molecule has 0 aliphatic carbocycles. The zero-order valence-electron chi connectivity index (χ0n) is 12.3. The summed E-state index contributed by atoms with van der Waals surface area (Å²) >= 11 is 0. The first kappa shape index (κ1) is 18.1. The molecule has 124 valence electrons. The van der Waals surface area contributed by atoms with Crippen molar-refractivity contribution in [2.75, 3.05) is 25.6 Å². The van der Waals surface area contributed by atoms with Crippen LogP contribution >= 0.6 is 0 Å². The van der Waals surface area contributed by atoms with Gasteiger partial charge in [-0.1, -0.05) is 12.1 Å². The summed E-state index contributed by atoms with van der Waals surface area (Å²) in [5.74, 6) is -0.307. The van der Waals surface area contributed by atoms with Gasteiger partial charge in [0, 0.05) is 20.3 Å². The zero-order valence-corrected chi connectivity index (χ0v) is 12.3. The van der Waals surface area contributed by atoms with Gasteiger partial charge in [-0.25, -0.2) is 0 Å². The molecule has 0 spiro atoms. The first-order valence-electron chi connectivity index (χ1n) is 6.83. The maximum absolute atomic E-state index is 12.3. The van der Waals surface area contributed by atoms with Crippen molar-refractivity contribution in [2.24, 2.45) is 10.7 Å². The molecule has 0 amide bonds. The molecule has 0 bridgehead atoms. The van der Waals surface area contributed by atoms with Crippen molar-refractivity contribution >= 4 is 11.6 Å². The lowest BCUT2D eigenvalue weighted by Crippen LogP contribution is -2.24. The lowest BCUT2D eigenvalue weighted by atomic mass is 10.2. The predicted molar refractivity (Wildman–Crippen MR) is 79.0 cm³/mol. The Labute approximate surface area is 127 Å². The number of halogens is 3. The van der Waals surface area contributed by atoms with Crippen LogP contribution in [0.15, 0.2) is 29.3 Å². The molecule has 1 aromatic carbocycles. The molecule has 0 fully saturated rings. The number of hydrogen-bond acceptors (Lipinski definition) is 3. The number of hydrogen-bond donors (Lipinski definition) is 2. The van der Waals surface area contributed by atoms with Crippen LogP contribution in [0.2, 0.25) is 0 Å². The minimum Gasteiger partial charge on any atom is -0.404 e. The molecule has 0 aliphatic rings. The summed E-state index contributed by atoms with van der Waals surface area (Å²) < 4.78 is 45.7. The Morgan fingerprint density at radius 1 is 1.23 bits per heavy atom. The van der Waals surface area contributed by atoms with Crippen LogP contribution in [0.25, 0.3) is 0 Å². The highest BCUT2D eigenvalue weighted by Crippen LogP contribution is 2.29. The summed E-state index contributed by atoms with van der Waals surface area (Å²) in [5.41, 5.74) is 5.77. The quantitative estimate of drug-likeness (QED) is 0.439. The smallest absolute Gasteiger partial charge is 0.404 e. The predicted octanol–water partition coefficient (Wildman–Crippen LogP) is 3.13. The Hall–Kier alpha value is -1.96. The molecule has 0 saturated carbocycles. The summed E-state index contributed by atoms with van der Waals surface area (Å²) in [6, 6.07) is 5.65. The summed E-state index contributed by atoms with van der Waals surface area (Å²) in [6.07, 6.45) is -2.06. The van der Waals surface area contributed by atoms with Gasteiger partial charge >= 0.3 is 6.36 Å². The molecule has 0 radical (unpaired) electrons. The first-order valence-corrected chi connectivity index (χ1v) is 6.83. The van der Waals surface area contributed by atoms with E-state index in [0.717, 1.165) is 19.3 Å². The Morgan fingerprint density at radius 2 is 1.95 bits per heavy atom. The highest BCUT2D eigenvalue weighted by molar-refractivity contribution is 5.93. The molecule has 0 unspecified atom stereocenters. The Morgan fingerprint density at radius 3 is 2.64 bits per heavy atom. The van der Waals surface area contributed by atoms with Gasteiger partial charge < -0.3 is 20.5 Å². The highest BCUT2D eigenvalue weighted by Gasteiger charge is 2.32. The number of alkyl halides is 3. The molecule has 0 heterocycles. The number of anilines is 1. The van der Waals surface area contributed by atoms with Crippen molar-refractivity contribution in [3.05, 3.63) is 24.3 Å².